The van der Waals surface area contributed by atoms with Crippen molar-refractivity contribution in [2.75, 3.05) is 24.5 Å². The van der Waals surface area contributed by atoms with Crippen LogP contribution in [0, 0.1) is 12.8 Å². The number of rotatable bonds is 6. The largest absolute Gasteiger partial charge is 0.371 e. The van der Waals surface area contributed by atoms with Gasteiger partial charge < -0.3 is 10.6 Å². The van der Waals surface area contributed by atoms with E-state index in [0.29, 0.717) is 0 Å². The van der Waals surface area contributed by atoms with Crippen LogP contribution in [0.4, 0.5) is 5.69 Å². The average Bonchev–Trinajstić information content (AvgIpc) is 2.30. The highest BCUT2D eigenvalue weighted by Crippen LogP contribution is 2.30. The SMILES string of the molecule is CCN(CC1CCC1)c1ccc(C)cc1CCN. The van der Waals surface area contributed by atoms with Gasteiger partial charge >= 0.3 is 0 Å². The van der Waals surface area contributed by atoms with Crippen LogP contribution in [0.1, 0.15) is 37.3 Å². The fourth-order valence-electron chi connectivity index (χ4n) is 2.76. The summed E-state index contributed by atoms with van der Waals surface area (Å²) < 4.78 is 0. The second kappa shape index (κ2) is 6.24. The first-order valence-electron chi connectivity index (χ1n) is 7.29. The Bertz CT molecular complexity index is 383. The molecule has 1 aromatic rings. The summed E-state index contributed by atoms with van der Waals surface area (Å²) in [5.41, 5.74) is 9.89. The van der Waals surface area contributed by atoms with Gasteiger partial charge in [0.1, 0.15) is 0 Å². The lowest BCUT2D eigenvalue weighted by Crippen LogP contribution is -2.33. The van der Waals surface area contributed by atoms with Crippen LogP contribution in [0.15, 0.2) is 18.2 Å². The van der Waals surface area contributed by atoms with E-state index in [-0.39, 0.29) is 0 Å². The molecule has 0 unspecified atom stereocenters. The Morgan fingerprint density at radius 1 is 1.33 bits per heavy atom. The van der Waals surface area contributed by atoms with Gasteiger partial charge in [0.15, 0.2) is 0 Å². The summed E-state index contributed by atoms with van der Waals surface area (Å²) in [5, 5.41) is 0. The lowest BCUT2D eigenvalue weighted by Gasteiger charge is -2.34. The number of anilines is 1. The standard InChI is InChI=1S/C16H26N2/c1-3-18(12-14-5-4-6-14)16-8-7-13(2)11-15(16)9-10-17/h7-8,11,14H,3-6,9-10,12,17H2,1-2H3. The molecule has 1 aromatic carbocycles. The van der Waals surface area contributed by atoms with E-state index in [4.69, 9.17) is 5.73 Å². The molecule has 2 heteroatoms. The Morgan fingerprint density at radius 2 is 2.11 bits per heavy atom. The third-order valence-electron chi connectivity index (χ3n) is 4.07. The second-order valence-electron chi connectivity index (χ2n) is 5.51. The predicted molar refractivity (Wildman–Crippen MR) is 79.2 cm³/mol. The van der Waals surface area contributed by atoms with Crippen LogP contribution in [0.25, 0.3) is 0 Å². The smallest absolute Gasteiger partial charge is 0.0399 e. The van der Waals surface area contributed by atoms with E-state index in [9.17, 15) is 0 Å². The molecule has 0 amide bonds. The fraction of sp³-hybridized carbons (Fsp3) is 0.625. The first-order valence-corrected chi connectivity index (χ1v) is 7.29. The van der Waals surface area contributed by atoms with Gasteiger partial charge in [-0.15, -0.1) is 0 Å². The number of nitrogens with zero attached hydrogens (tertiary/aromatic N) is 1. The molecule has 0 aromatic heterocycles. The number of nitrogens with two attached hydrogens (primary N) is 1. The van der Waals surface area contributed by atoms with Gasteiger partial charge in [0, 0.05) is 18.8 Å². The molecule has 0 aliphatic heterocycles. The van der Waals surface area contributed by atoms with Crippen LogP contribution in [-0.4, -0.2) is 19.6 Å². The van der Waals surface area contributed by atoms with Crippen LogP contribution >= 0.6 is 0 Å². The van der Waals surface area contributed by atoms with Gasteiger partial charge in [-0.2, -0.15) is 0 Å². The van der Waals surface area contributed by atoms with Gasteiger partial charge in [0.05, 0.1) is 0 Å². The van der Waals surface area contributed by atoms with E-state index >= 15 is 0 Å². The first kappa shape index (κ1) is 13.4. The van der Waals surface area contributed by atoms with E-state index in [0.717, 1.165) is 25.4 Å². The van der Waals surface area contributed by atoms with Gasteiger partial charge in [0.2, 0.25) is 0 Å². The van der Waals surface area contributed by atoms with Crippen molar-refractivity contribution in [1.29, 1.82) is 0 Å². The Hall–Kier alpha value is -1.02. The summed E-state index contributed by atoms with van der Waals surface area (Å²) in [6.45, 7) is 7.46. The first-order chi connectivity index (χ1) is 8.74. The molecule has 1 aliphatic rings. The molecule has 1 aliphatic carbocycles. The Morgan fingerprint density at radius 3 is 2.67 bits per heavy atom. The van der Waals surface area contributed by atoms with E-state index in [1.165, 1.54) is 42.6 Å². The topological polar surface area (TPSA) is 29.3 Å². The highest BCUT2D eigenvalue weighted by Gasteiger charge is 2.21. The van der Waals surface area contributed by atoms with E-state index in [1.54, 1.807) is 0 Å². The average molecular weight is 246 g/mol. The summed E-state index contributed by atoms with van der Waals surface area (Å²) in [4.78, 5) is 2.54. The molecule has 2 rings (SSSR count). The second-order valence-corrected chi connectivity index (χ2v) is 5.51. The molecule has 0 bridgehead atoms. The fourth-order valence-corrected chi connectivity index (χ4v) is 2.76. The van der Waals surface area contributed by atoms with Crippen LogP contribution in [0.5, 0.6) is 0 Å². The molecule has 0 radical (unpaired) electrons. The van der Waals surface area contributed by atoms with Crippen molar-refractivity contribution in [3.63, 3.8) is 0 Å². The highest BCUT2D eigenvalue weighted by atomic mass is 15.1. The van der Waals surface area contributed by atoms with Crippen LogP contribution in [-0.2, 0) is 6.42 Å². The van der Waals surface area contributed by atoms with Crippen molar-refractivity contribution in [2.24, 2.45) is 11.7 Å². The van der Waals surface area contributed by atoms with E-state index in [1.807, 2.05) is 0 Å². The maximum Gasteiger partial charge on any atom is 0.0399 e. The lowest BCUT2D eigenvalue weighted by atomic mass is 9.85. The van der Waals surface area contributed by atoms with Gasteiger partial charge in [-0.05, 0) is 57.2 Å². The third-order valence-corrected chi connectivity index (χ3v) is 4.07. The molecule has 0 saturated heterocycles. The molecule has 1 saturated carbocycles. The van der Waals surface area contributed by atoms with Crippen molar-refractivity contribution < 1.29 is 0 Å². The van der Waals surface area contributed by atoms with Gasteiger partial charge in [-0.3, -0.25) is 0 Å². The zero-order valence-electron chi connectivity index (χ0n) is 11.8. The van der Waals surface area contributed by atoms with Crippen molar-refractivity contribution >= 4 is 5.69 Å². The summed E-state index contributed by atoms with van der Waals surface area (Å²) >= 11 is 0. The van der Waals surface area contributed by atoms with Gasteiger partial charge in [0.25, 0.3) is 0 Å². The maximum absolute atomic E-state index is 5.74. The molecule has 2 N–H and O–H groups in total. The van der Waals surface area contributed by atoms with Crippen molar-refractivity contribution in [1.82, 2.24) is 0 Å². The number of hydrogen-bond acceptors (Lipinski definition) is 2. The summed E-state index contributed by atoms with van der Waals surface area (Å²) in [5.74, 6) is 0.914. The molecular formula is C16H26N2. The molecule has 0 spiro atoms. The normalized spacial score (nSPS) is 15.5. The monoisotopic (exact) mass is 246 g/mol. The lowest BCUT2D eigenvalue weighted by molar-refractivity contribution is 0.318. The quantitative estimate of drug-likeness (QED) is 0.835. The molecule has 100 valence electrons. The molecule has 18 heavy (non-hydrogen) atoms. The highest BCUT2D eigenvalue weighted by molar-refractivity contribution is 5.55. The summed E-state index contributed by atoms with van der Waals surface area (Å²) in [7, 11) is 0. The maximum atomic E-state index is 5.74. The van der Waals surface area contributed by atoms with Crippen molar-refractivity contribution in [3.8, 4) is 0 Å². The number of hydrogen-bond donors (Lipinski definition) is 1. The number of aryl methyl sites for hydroxylation is 1. The van der Waals surface area contributed by atoms with Crippen molar-refractivity contribution in [3.05, 3.63) is 29.3 Å². The zero-order valence-corrected chi connectivity index (χ0v) is 11.8. The zero-order chi connectivity index (χ0) is 13.0. The minimum Gasteiger partial charge on any atom is -0.371 e. The Labute approximate surface area is 111 Å². The number of benzene rings is 1. The van der Waals surface area contributed by atoms with Crippen LogP contribution in [0.2, 0.25) is 0 Å². The molecule has 2 nitrogen and oxygen atoms in total. The molecule has 0 atom stereocenters. The van der Waals surface area contributed by atoms with Gasteiger partial charge in [-0.25, -0.2) is 0 Å². The Balaban J connectivity index is 2.16. The summed E-state index contributed by atoms with van der Waals surface area (Å²) in [6, 6.07) is 6.80. The predicted octanol–water partition coefficient (Wildman–Crippen LogP) is 3.12. The van der Waals surface area contributed by atoms with Crippen LogP contribution < -0.4 is 10.6 Å². The third kappa shape index (κ3) is 3.05. The molecule has 1 fully saturated rings. The Kier molecular flexibility index (Phi) is 4.65. The van der Waals surface area contributed by atoms with Crippen LogP contribution in [0.3, 0.4) is 0 Å². The molecule has 0 heterocycles. The summed E-state index contributed by atoms with van der Waals surface area (Å²) in [6.07, 6.45) is 5.23. The minimum absolute atomic E-state index is 0.734. The molecular weight excluding hydrogens is 220 g/mol. The van der Waals surface area contributed by atoms with E-state index in [2.05, 4.69) is 36.9 Å². The van der Waals surface area contributed by atoms with Crippen molar-refractivity contribution in [2.45, 2.75) is 39.5 Å². The minimum atomic E-state index is 0.734. The van der Waals surface area contributed by atoms with Gasteiger partial charge in [-0.1, -0.05) is 24.1 Å². The van der Waals surface area contributed by atoms with E-state index < -0.39 is 0 Å².